The maximum absolute atomic E-state index is 13.9. The lowest BCUT2D eigenvalue weighted by atomic mass is 10.2. The second-order valence-corrected chi connectivity index (χ2v) is 5.58. The Balaban J connectivity index is 1.70. The van der Waals surface area contributed by atoms with Crippen molar-refractivity contribution in [2.24, 2.45) is 0 Å². The van der Waals surface area contributed by atoms with Gasteiger partial charge >= 0.3 is 0 Å². The summed E-state index contributed by atoms with van der Waals surface area (Å²) in [5, 5.41) is 0. The maximum atomic E-state index is 13.9. The summed E-state index contributed by atoms with van der Waals surface area (Å²) < 4.78 is 72.5. The van der Waals surface area contributed by atoms with Crippen LogP contribution in [-0.2, 0) is 4.79 Å². The molecule has 0 aliphatic carbocycles. The van der Waals surface area contributed by atoms with Crippen LogP contribution in [0.1, 0.15) is 5.76 Å². The Morgan fingerprint density at radius 2 is 1.50 bits per heavy atom. The van der Waals surface area contributed by atoms with E-state index in [1.54, 1.807) is 12.1 Å². The van der Waals surface area contributed by atoms with E-state index in [0.29, 0.717) is 5.76 Å². The topological polar surface area (TPSA) is 36.7 Å². The molecule has 4 nitrogen and oxygen atoms in total. The number of piperazine rings is 1. The van der Waals surface area contributed by atoms with Crippen molar-refractivity contribution in [3.05, 3.63) is 59.3 Å². The number of anilines is 1. The van der Waals surface area contributed by atoms with Crippen LogP contribution in [0.3, 0.4) is 0 Å². The van der Waals surface area contributed by atoms with Crippen LogP contribution in [0.4, 0.5) is 27.6 Å². The lowest BCUT2D eigenvalue weighted by Crippen LogP contribution is -2.49. The highest BCUT2D eigenvalue weighted by Gasteiger charge is 2.31. The van der Waals surface area contributed by atoms with E-state index in [0.717, 1.165) is 4.90 Å². The molecule has 26 heavy (non-hydrogen) atoms. The predicted octanol–water partition coefficient (Wildman–Crippen LogP) is 3.34. The number of benzene rings is 1. The number of carbonyl (C=O) groups is 1. The summed E-state index contributed by atoms with van der Waals surface area (Å²) >= 11 is 0. The minimum Gasteiger partial charge on any atom is -0.465 e. The van der Waals surface area contributed by atoms with Crippen molar-refractivity contribution in [3.8, 4) is 0 Å². The molecule has 3 rings (SSSR count). The number of amides is 1. The van der Waals surface area contributed by atoms with Crippen molar-refractivity contribution in [1.29, 1.82) is 0 Å². The second kappa shape index (κ2) is 7.19. The second-order valence-electron chi connectivity index (χ2n) is 5.58. The van der Waals surface area contributed by atoms with Gasteiger partial charge in [0.25, 0.3) is 0 Å². The Bertz CT molecular complexity index is 814. The van der Waals surface area contributed by atoms with Crippen LogP contribution < -0.4 is 4.90 Å². The van der Waals surface area contributed by atoms with Crippen LogP contribution in [0.25, 0.3) is 6.08 Å². The van der Waals surface area contributed by atoms with Gasteiger partial charge in [-0.25, -0.2) is 22.0 Å². The minimum atomic E-state index is -2.19. The Labute approximate surface area is 145 Å². The molecule has 138 valence electrons. The van der Waals surface area contributed by atoms with Crippen LogP contribution in [-0.4, -0.2) is 37.0 Å². The predicted molar refractivity (Wildman–Crippen MR) is 82.8 cm³/mol. The Hall–Kier alpha value is -2.84. The molecule has 1 fully saturated rings. The molecule has 2 heterocycles. The molecule has 9 heteroatoms. The summed E-state index contributed by atoms with van der Waals surface area (Å²) in [6.45, 7) is -0.000978. The molecule has 1 amide bonds. The zero-order chi connectivity index (χ0) is 18.8. The van der Waals surface area contributed by atoms with Gasteiger partial charge < -0.3 is 14.2 Å². The van der Waals surface area contributed by atoms with Crippen molar-refractivity contribution in [2.75, 3.05) is 31.1 Å². The molecule has 0 saturated carbocycles. The third kappa shape index (κ3) is 3.29. The quantitative estimate of drug-likeness (QED) is 0.359. The third-order valence-electron chi connectivity index (χ3n) is 4.03. The Kier molecular flexibility index (Phi) is 4.97. The first kappa shape index (κ1) is 18.0. The van der Waals surface area contributed by atoms with E-state index in [1.807, 2.05) is 0 Å². The smallest absolute Gasteiger partial charge is 0.246 e. The van der Waals surface area contributed by atoms with Gasteiger partial charge in [-0.3, -0.25) is 4.79 Å². The van der Waals surface area contributed by atoms with E-state index in [9.17, 15) is 26.7 Å². The standard InChI is InChI=1S/C17H13F5N2O2/c18-12-13(19)15(21)17(16(22)14(12)20)24-7-5-23(6-8-24)11(25)4-3-10-2-1-9-26-10/h1-4,9H,5-8H2. The highest BCUT2D eigenvalue weighted by Crippen LogP contribution is 2.30. The van der Waals surface area contributed by atoms with Crippen molar-refractivity contribution in [2.45, 2.75) is 0 Å². The zero-order valence-electron chi connectivity index (χ0n) is 13.3. The molecule has 0 spiro atoms. The number of halogens is 5. The van der Waals surface area contributed by atoms with Crippen LogP contribution in [0, 0.1) is 29.1 Å². The summed E-state index contributed by atoms with van der Waals surface area (Å²) in [7, 11) is 0. The molecule has 0 atom stereocenters. The van der Waals surface area contributed by atoms with E-state index in [2.05, 4.69) is 0 Å². The van der Waals surface area contributed by atoms with Gasteiger partial charge in [0.1, 0.15) is 11.4 Å². The van der Waals surface area contributed by atoms with E-state index in [1.165, 1.54) is 23.3 Å². The minimum absolute atomic E-state index is 0.0703. The molecule has 0 unspecified atom stereocenters. The van der Waals surface area contributed by atoms with Gasteiger partial charge in [0.15, 0.2) is 23.3 Å². The number of furan rings is 1. The van der Waals surface area contributed by atoms with Crippen LogP contribution in [0.2, 0.25) is 0 Å². The van der Waals surface area contributed by atoms with E-state index < -0.39 is 34.8 Å². The molecule has 0 bridgehead atoms. The summed E-state index contributed by atoms with van der Waals surface area (Å²) in [4.78, 5) is 14.5. The lowest BCUT2D eigenvalue weighted by Gasteiger charge is -2.36. The summed E-state index contributed by atoms with van der Waals surface area (Å²) in [6, 6.07) is 3.32. The van der Waals surface area contributed by atoms with Crippen LogP contribution in [0.5, 0.6) is 0 Å². The lowest BCUT2D eigenvalue weighted by molar-refractivity contribution is -0.126. The van der Waals surface area contributed by atoms with Gasteiger partial charge in [0, 0.05) is 32.3 Å². The number of hydrogen-bond acceptors (Lipinski definition) is 3. The van der Waals surface area contributed by atoms with Gasteiger partial charge in [-0.05, 0) is 18.2 Å². The maximum Gasteiger partial charge on any atom is 0.246 e. The van der Waals surface area contributed by atoms with Crippen molar-refractivity contribution < 1.29 is 31.2 Å². The molecule has 0 N–H and O–H groups in total. The van der Waals surface area contributed by atoms with Crippen molar-refractivity contribution in [1.82, 2.24) is 4.90 Å². The first-order valence-corrected chi connectivity index (χ1v) is 7.67. The molecule has 0 radical (unpaired) electrons. The molecule has 1 aromatic carbocycles. The van der Waals surface area contributed by atoms with Gasteiger partial charge in [-0.15, -0.1) is 0 Å². The van der Waals surface area contributed by atoms with E-state index >= 15 is 0 Å². The molecular weight excluding hydrogens is 359 g/mol. The van der Waals surface area contributed by atoms with Crippen LogP contribution >= 0.6 is 0 Å². The fourth-order valence-corrected chi connectivity index (χ4v) is 2.67. The summed E-state index contributed by atoms with van der Waals surface area (Å²) in [6.07, 6.45) is 4.21. The van der Waals surface area contributed by atoms with Gasteiger partial charge in [0.2, 0.25) is 11.7 Å². The molecule has 1 aromatic heterocycles. The Morgan fingerprint density at radius 3 is 2.04 bits per heavy atom. The first-order chi connectivity index (χ1) is 12.4. The monoisotopic (exact) mass is 372 g/mol. The normalized spacial score (nSPS) is 15.1. The fourth-order valence-electron chi connectivity index (χ4n) is 2.67. The summed E-state index contributed by atoms with van der Waals surface area (Å²) in [5.74, 6) is -9.78. The first-order valence-electron chi connectivity index (χ1n) is 7.67. The molecular formula is C17H13F5N2O2. The average molecular weight is 372 g/mol. The number of nitrogens with zero attached hydrogens (tertiary/aromatic N) is 2. The fraction of sp³-hybridized carbons (Fsp3) is 0.235. The third-order valence-corrected chi connectivity index (χ3v) is 4.03. The molecule has 1 saturated heterocycles. The van der Waals surface area contributed by atoms with Crippen molar-refractivity contribution >= 4 is 17.7 Å². The van der Waals surface area contributed by atoms with Crippen molar-refractivity contribution in [3.63, 3.8) is 0 Å². The average Bonchev–Trinajstić information content (AvgIpc) is 3.17. The van der Waals surface area contributed by atoms with Gasteiger partial charge in [-0.1, -0.05) is 0 Å². The Morgan fingerprint density at radius 1 is 0.923 bits per heavy atom. The van der Waals surface area contributed by atoms with E-state index in [-0.39, 0.29) is 32.1 Å². The van der Waals surface area contributed by atoms with E-state index in [4.69, 9.17) is 4.42 Å². The number of rotatable bonds is 3. The molecule has 1 aliphatic heterocycles. The number of hydrogen-bond donors (Lipinski definition) is 0. The highest BCUT2D eigenvalue weighted by atomic mass is 19.2. The van der Waals surface area contributed by atoms with Crippen LogP contribution in [0.15, 0.2) is 28.9 Å². The van der Waals surface area contributed by atoms with Gasteiger partial charge in [-0.2, -0.15) is 0 Å². The largest absolute Gasteiger partial charge is 0.465 e. The molecule has 2 aromatic rings. The SMILES string of the molecule is O=C(C=Cc1ccco1)N1CCN(c2c(F)c(F)c(F)c(F)c2F)CC1. The number of carbonyl (C=O) groups excluding carboxylic acids is 1. The molecule has 1 aliphatic rings. The van der Waals surface area contributed by atoms with Gasteiger partial charge in [0.05, 0.1) is 6.26 Å². The highest BCUT2D eigenvalue weighted by molar-refractivity contribution is 5.91. The zero-order valence-corrected chi connectivity index (χ0v) is 13.3. The summed E-state index contributed by atoms with van der Waals surface area (Å²) in [5.41, 5.74) is -0.973.